The molecule has 1 aromatic carbocycles. The highest BCUT2D eigenvalue weighted by Gasteiger charge is 2.16. The first kappa shape index (κ1) is 16.0. The number of esters is 1. The second kappa shape index (κ2) is 8.22. The lowest BCUT2D eigenvalue weighted by atomic mass is 10.3. The van der Waals surface area contributed by atoms with E-state index in [2.05, 4.69) is 6.58 Å². The van der Waals surface area contributed by atoms with Crippen LogP contribution in [0.2, 0.25) is 0 Å². The van der Waals surface area contributed by atoms with Crippen LogP contribution < -0.4 is 9.47 Å². The van der Waals surface area contributed by atoms with Crippen LogP contribution in [0, 0.1) is 0 Å². The van der Waals surface area contributed by atoms with Gasteiger partial charge < -0.3 is 18.9 Å². The summed E-state index contributed by atoms with van der Waals surface area (Å²) in [7, 11) is 3.12. The molecule has 0 saturated carbocycles. The Morgan fingerprint density at radius 1 is 1.25 bits per heavy atom. The molecule has 0 saturated heterocycles. The first-order chi connectivity index (χ1) is 9.56. The molecule has 0 aliphatic carbocycles. The van der Waals surface area contributed by atoms with Gasteiger partial charge in [0, 0.05) is 18.7 Å². The molecule has 0 amide bonds. The van der Waals surface area contributed by atoms with Crippen molar-refractivity contribution < 1.29 is 23.7 Å². The van der Waals surface area contributed by atoms with Crippen molar-refractivity contribution in [2.75, 3.05) is 27.4 Å². The van der Waals surface area contributed by atoms with E-state index in [0.29, 0.717) is 17.1 Å². The summed E-state index contributed by atoms with van der Waals surface area (Å²) in [6.45, 7) is 5.58. The fourth-order valence-electron chi connectivity index (χ4n) is 1.43. The Hall–Kier alpha value is -2.01. The zero-order valence-corrected chi connectivity index (χ0v) is 12.0. The van der Waals surface area contributed by atoms with Gasteiger partial charge in [0.2, 0.25) is 0 Å². The van der Waals surface area contributed by atoms with E-state index in [0.717, 1.165) is 0 Å². The van der Waals surface area contributed by atoms with Gasteiger partial charge in [-0.05, 0) is 19.1 Å². The van der Waals surface area contributed by atoms with Crippen LogP contribution in [0.1, 0.15) is 6.92 Å². The number of benzene rings is 1. The maximum absolute atomic E-state index is 11.5. The largest absolute Gasteiger partial charge is 0.497 e. The van der Waals surface area contributed by atoms with E-state index in [1.54, 1.807) is 26.2 Å². The fourth-order valence-corrected chi connectivity index (χ4v) is 1.43. The van der Waals surface area contributed by atoms with Crippen molar-refractivity contribution >= 4 is 5.97 Å². The third-order valence-electron chi connectivity index (χ3n) is 2.45. The van der Waals surface area contributed by atoms with Crippen molar-refractivity contribution in [1.82, 2.24) is 0 Å². The maximum Gasteiger partial charge on any atom is 0.333 e. The maximum atomic E-state index is 11.5. The van der Waals surface area contributed by atoms with Gasteiger partial charge in [-0.25, -0.2) is 4.79 Å². The van der Waals surface area contributed by atoms with Gasteiger partial charge in [-0.3, -0.25) is 0 Å². The summed E-state index contributed by atoms with van der Waals surface area (Å²) >= 11 is 0. The van der Waals surface area contributed by atoms with E-state index in [-0.39, 0.29) is 13.2 Å². The molecule has 0 heterocycles. The Kier molecular flexibility index (Phi) is 6.59. The van der Waals surface area contributed by atoms with Crippen LogP contribution in [0.4, 0.5) is 0 Å². The number of hydrogen-bond donors (Lipinski definition) is 0. The van der Waals surface area contributed by atoms with Crippen LogP contribution in [0.3, 0.4) is 0 Å². The molecule has 0 fully saturated rings. The number of hydrogen-bond acceptors (Lipinski definition) is 5. The minimum absolute atomic E-state index is 0.194. The standard InChI is InChI=1S/C15H20O5/c1-11(2)15(16)20-14(9-17-3)10-19-13-7-5-6-12(8-13)18-4/h5-8,14H,1,9-10H2,2-4H3. The predicted molar refractivity (Wildman–Crippen MR) is 75.1 cm³/mol. The average Bonchev–Trinajstić information content (AvgIpc) is 2.45. The van der Waals surface area contributed by atoms with E-state index in [1.165, 1.54) is 7.11 Å². The molecule has 0 radical (unpaired) electrons. The van der Waals surface area contributed by atoms with Gasteiger partial charge in [0.15, 0.2) is 6.10 Å². The highest BCUT2D eigenvalue weighted by molar-refractivity contribution is 5.87. The topological polar surface area (TPSA) is 54.0 Å². The summed E-state index contributed by atoms with van der Waals surface area (Å²) in [4.78, 5) is 11.5. The molecule has 0 aliphatic rings. The first-order valence-electron chi connectivity index (χ1n) is 6.19. The third-order valence-corrected chi connectivity index (χ3v) is 2.45. The molecule has 1 aromatic rings. The lowest BCUT2D eigenvalue weighted by Gasteiger charge is -2.18. The Balaban J connectivity index is 2.57. The Morgan fingerprint density at radius 2 is 1.95 bits per heavy atom. The molecule has 1 rings (SSSR count). The summed E-state index contributed by atoms with van der Waals surface area (Å²) < 4.78 is 20.9. The second-order valence-electron chi connectivity index (χ2n) is 4.25. The highest BCUT2D eigenvalue weighted by atomic mass is 16.6. The van der Waals surface area contributed by atoms with Gasteiger partial charge in [0.05, 0.1) is 13.7 Å². The molecule has 110 valence electrons. The zero-order valence-electron chi connectivity index (χ0n) is 12.0. The van der Waals surface area contributed by atoms with Crippen molar-refractivity contribution in [2.45, 2.75) is 13.0 Å². The molecule has 0 aliphatic heterocycles. The molecule has 20 heavy (non-hydrogen) atoms. The summed E-state index contributed by atoms with van der Waals surface area (Å²) in [6.07, 6.45) is -0.490. The van der Waals surface area contributed by atoms with E-state index in [9.17, 15) is 4.79 Å². The quantitative estimate of drug-likeness (QED) is 0.540. The van der Waals surface area contributed by atoms with Crippen molar-refractivity contribution in [3.05, 3.63) is 36.4 Å². The van der Waals surface area contributed by atoms with Crippen molar-refractivity contribution in [1.29, 1.82) is 0 Å². The van der Waals surface area contributed by atoms with Gasteiger partial charge >= 0.3 is 5.97 Å². The molecular weight excluding hydrogens is 260 g/mol. The summed E-state index contributed by atoms with van der Waals surface area (Å²) in [5, 5.41) is 0. The normalized spacial score (nSPS) is 11.6. The molecule has 0 bridgehead atoms. The number of carbonyl (C=O) groups excluding carboxylic acids is 1. The molecule has 1 unspecified atom stereocenters. The summed E-state index contributed by atoms with van der Waals surface area (Å²) in [5.74, 6) is 0.878. The molecule has 0 aromatic heterocycles. The molecular formula is C15H20O5. The van der Waals surface area contributed by atoms with Gasteiger partial charge in [-0.1, -0.05) is 12.6 Å². The molecule has 0 N–H and O–H groups in total. The van der Waals surface area contributed by atoms with Crippen molar-refractivity contribution in [2.24, 2.45) is 0 Å². The fraction of sp³-hybridized carbons (Fsp3) is 0.400. The Labute approximate surface area is 119 Å². The van der Waals surface area contributed by atoms with Crippen molar-refractivity contribution in [3.63, 3.8) is 0 Å². The number of methoxy groups -OCH3 is 2. The second-order valence-corrected chi connectivity index (χ2v) is 4.25. The molecule has 0 spiro atoms. The monoisotopic (exact) mass is 280 g/mol. The van der Waals surface area contributed by atoms with E-state index >= 15 is 0 Å². The van der Waals surface area contributed by atoms with Crippen LogP contribution >= 0.6 is 0 Å². The van der Waals surface area contributed by atoms with Crippen LogP contribution in [-0.4, -0.2) is 39.5 Å². The van der Waals surface area contributed by atoms with E-state index < -0.39 is 12.1 Å². The number of ether oxygens (including phenoxy) is 4. The highest BCUT2D eigenvalue weighted by Crippen LogP contribution is 2.19. The Morgan fingerprint density at radius 3 is 2.55 bits per heavy atom. The van der Waals surface area contributed by atoms with Crippen LogP contribution in [0.25, 0.3) is 0 Å². The predicted octanol–water partition coefficient (Wildman–Crippen LogP) is 2.21. The number of rotatable bonds is 8. The lowest BCUT2D eigenvalue weighted by Crippen LogP contribution is -2.29. The van der Waals surface area contributed by atoms with Crippen molar-refractivity contribution in [3.8, 4) is 11.5 Å². The van der Waals surface area contributed by atoms with Gasteiger partial charge in [-0.2, -0.15) is 0 Å². The van der Waals surface area contributed by atoms with Gasteiger partial charge in [0.1, 0.15) is 18.1 Å². The van der Waals surface area contributed by atoms with Crippen LogP contribution in [0.5, 0.6) is 11.5 Å². The summed E-state index contributed by atoms with van der Waals surface area (Å²) in [6, 6.07) is 7.19. The van der Waals surface area contributed by atoms with Crippen LogP contribution in [-0.2, 0) is 14.3 Å². The number of carbonyl (C=O) groups is 1. The summed E-state index contributed by atoms with van der Waals surface area (Å²) in [5.41, 5.74) is 0.340. The lowest BCUT2D eigenvalue weighted by molar-refractivity contribution is -0.148. The minimum atomic E-state index is -0.490. The van der Waals surface area contributed by atoms with Gasteiger partial charge in [-0.15, -0.1) is 0 Å². The molecule has 5 nitrogen and oxygen atoms in total. The van der Waals surface area contributed by atoms with Crippen LogP contribution in [0.15, 0.2) is 36.4 Å². The minimum Gasteiger partial charge on any atom is -0.497 e. The van der Waals surface area contributed by atoms with E-state index in [1.807, 2.05) is 12.1 Å². The van der Waals surface area contributed by atoms with E-state index in [4.69, 9.17) is 18.9 Å². The average molecular weight is 280 g/mol. The van der Waals surface area contributed by atoms with Gasteiger partial charge in [0.25, 0.3) is 0 Å². The Bertz CT molecular complexity index is 455. The first-order valence-corrected chi connectivity index (χ1v) is 6.19. The smallest absolute Gasteiger partial charge is 0.333 e. The zero-order chi connectivity index (χ0) is 15.0. The molecule has 5 heteroatoms. The molecule has 1 atom stereocenters. The SMILES string of the molecule is C=C(C)C(=O)OC(COC)COc1cccc(OC)c1. The third kappa shape index (κ3) is 5.32.